The van der Waals surface area contributed by atoms with E-state index in [2.05, 4.69) is 17.0 Å². The summed E-state index contributed by atoms with van der Waals surface area (Å²) in [6.07, 6.45) is -0.0196. The molecule has 0 aromatic heterocycles. The second kappa shape index (κ2) is 8.63. The number of carbonyl (C=O) groups excluding carboxylic acids is 1. The molecule has 0 bridgehead atoms. The first-order valence-corrected chi connectivity index (χ1v) is 7.12. The molecular formula is C14H24ClFN4O2. The minimum absolute atomic E-state index is 0.0919. The van der Waals surface area contributed by atoms with Gasteiger partial charge in [-0.1, -0.05) is 32.0 Å². The molecule has 0 unspecified atom stereocenters. The van der Waals surface area contributed by atoms with Crippen LogP contribution in [-0.4, -0.2) is 29.1 Å². The topological polar surface area (TPSA) is 80.0 Å². The highest BCUT2D eigenvalue weighted by atomic mass is 35.5. The fourth-order valence-corrected chi connectivity index (χ4v) is 1.47. The third kappa shape index (κ3) is 8.51. The number of amidine groups is 1. The molecule has 1 amide bonds. The normalized spacial score (nSPS) is 13.1. The first-order chi connectivity index (χ1) is 9.96. The van der Waals surface area contributed by atoms with Crippen molar-refractivity contribution in [1.29, 1.82) is 0 Å². The van der Waals surface area contributed by atoms with Crippen LogP contribution in [0.4, 0.5) is 9.18 Å². The van der Waals surface area contributed by atoms with Crippen LogP contribution in [0.15, 0.2) is 28.8 Å². The minimum Gasteiger partial charge on any atom is -0.443 e. The Morgan fingerprint density at radius 2 is 2.09 bits per heavy atom. The van der Waals surface area contributed by atoms with E-state index in [9.17, 15) is 9.18 Å². The molecule has 6 nitrogen and oxygen atoms in total. The molecule has 0 aliphatic carbocycles. The van der Waals surface area contributed by atoms with Crippen molar-refractivity contribution in [3.63, 3.8) is 0 Å². The van der Waals surface area contributed by atoms with Crippen molar-refractivity contribution in [1.82, 2.24) is 10.4 Å². The molecule has 0 spiro atoms. The summed E-state index contributed by atoms with van der Waals surface area (Å²) < 4.78 is 19.1. The zero-order valence-electron chi connectivity index (χ0n) is 13.6. The average Bonchev–Trinajstić information content (AvgIpc) is 2.31. The number of rotatable bonds is 4. The number of hydrogen-bond acceptors (Lipinski definition) is 4. The molecule has 0 aliphatic heterocycles. The van der Waals surface area contributed by atoms with Crippen LogP contribution in [0.5, 0.6) is 0 Å². The Balaban J connectivity index is 5.40. The minimum atomic E-state index is -0.849. The second-order valence-corrected chi connectivity index (χ2v) is 6.38. The van der Waals surface area contributed by atoms with E-state index in [1.54, 1.807) is 20.8 Å². The standard InChI is InChI=1S/C14H24ClFN4O2/c1-9(2)8-20(19-13(21)22-14(4,5)6)12(11(16)7-17)18-10(3)15/h7,9H,3,8,17H2,1-2,4-6H3,(H,19,21)/b11-7+,18-12?. The highest BCUT2D eigenvalue weighted by molar-refractivity contribution is 6.29. The van der Waals surface area contributed by atoms with E-state index in [4.69, 9.17) is 22.1 Å². The molecule has 0 saturated carbocycles. The smallest absolute Gasteiger partial charge is 0.426 e. The van der Waals surface area contributed by atoms with Gasteiger partial charge in [-0.25, -0.2) is 19.6 Å². The Kier molecular flexibility index (Phi) is 7.94. The van der Waals surface area contributed by atoms with Gasteiger partial charge in [0.1, 0.15) is 10.8 Å². The number of ether oxygens (including phenoxy) is 1. The maximum Gasteiger partial charge on any atom is 0.426 e. The summed E-state index contributed by atoms with van der Waals surface area (Å²) in [6.45, 7) is 12.6. The third-order valence-electron chi connectivity index (χ3n) is 2.02. The molecule has 0 aromatic carbocycles. The molecule has 0 radical (unpaired) electrons. The Morgan fingerprint density at radius 3 is 2.45 bits per heavy atom. The van der Waals surface area contributed by atoms with Crippen LogP contribution in [0, 0.1) is 5.92 Å². The first kappa shape index (κ1) is 20.2. The van der Waals surface area contributed by atoms with Crippen molar-refractivity contribution < 1.29 is 13.9 Å². The van der Waals surface area contributed by atoms with Gasteiger partial charge in [0, 0.05) is 12.7 Å². The molecule has 22 heavy (non-hydrogen) atoms. The Hall–Kier alpha value is -1.76. The van der Waals surface area contributed by atoms with Gasteiger partial charge in [-0.3, -0.25) is 5.01 Å². The van der Waals surface area contributed by atoms with E-state index >= 15 is 0 Å². The monoisotopic (exact) mass is 334 g/mol. The highest BCUT2D eigenvalue weighted by Gasteiger charge is 2.23. The number of halogens is 2. The van der Waals surface area contributed by atoms with Crippen molar-refractivity contribution in [2.45, 2.75) is 40.2 Å². The summed E-state index contributed by atoms with van der Waals surface area (Å²) in [5, 5.41) is 1.04. The van der Waals surface area contributed by atoms with Gasteiger partial charge in [0.2, 0.25) is 0 Å². The Morgan fingerprint density at radius 1 is 1.55 bits per heavy atom. The number of nitrogens with zero attached hydrogens (tertiary/aromatic N) is 2. The molecule has 126 valence electrons. The van der Waals surface area contributed by atoms with Crippen LogP contribution in [0.25, 0.3) is 0 Å². The lowest BCUT2D eigenvalue weighted by Gasteiger charge is -2.29. The van der Waals surface area contributed by atoms with Crippen LogP contribution >= 0.6 is 11.6 Å². The van der Waals surface area contributed by atoms with Gasteiger partial charge < -0.3 is 10.5 Å². The van der Waals surface area contributed by atoms with Crippen molar-refractivity contribution >= 4 is 23.5 Å². The molecule has 0 aliphatic rings. The van der Waals surface area contributed by atoms with E-state index < -0.39 is 17.5 Å². The summed E-state index contributed by atoms with van der Waals surface area (Å²) in [7, 11) is 0. The van der Waals surface area contributed by atoms with E-state index in [-0.39, 0.29) is 23.5 Å². The van der Waals surface area contributed by atoms with Crippen molar-refractivity contribution in [2.24, 2.45) is 16.6 Å². The molecule has 8 heteroatoms. The molecule has 3 N–H and O–H groups in total. The maximum absolute atomic E-state index is 13.9. The molecule has 0 fully saturated rings. The summed E-state index contributed by atoms with van der Waals surface area (Å²) >= 11 is 5.61. The van der Waals surface area contributed by atoms with Gasteiger partial charge in [-0.2, -0.15) is 0 Å². The van der Waals surface area contributed by atoms with Gasteiger partial charge in [-0.15, -0.1) is 0 Å². The number of nitrogens with two attached hydrogens (primary N) is 1. The third-order valence-corrected chi connectivity index (χ3v) is 2.10. The van der Waals surface area contributed by atoms with Crippen LogP contribution in [0.3, 0.4) is 0 Å². The average molecular weight is 335 g/mol. The maximum atomic E-state index is 13.9. The van der Waals surface area contributed by atoms with E-state index in [0.29, 0.717) is 0 Å². The number of amides is 1. The molecular weight excluding hydrogens is 311 g/mol. The van der Waals surface area contributed by atoms with Crippen LogP contribution in [-0.2, 0) is 4.74 Å². The fourth-order valence-electron chi connectivity index (χ4n) is 1.39. The van der Waals surface area contributed by atoms with Gasteiger partial charge >= 0.3 is 6.09 Å². The van der Waals surface area contributed by atoms with Gasteiger partial charge in [0.25, 0.3) is 0 Å². The van der Waals surface area contributed by atoms with E-state index in [1.807, 2.05) is 13.8 Å². The summed E-state index contributed by atoms with van der Waals surface area (Å²) in [5.74, 6) is -1.00. The summed E-state index contributed by atoms with van der Waals surface area (Å²) in [6, 6.07) is 0. The number of hydrogen-bond donors (Lipinski definition) is 2. The molecule has 0 atom stereocenters. The lowest BCUT2D eigenvalue weighted by atomic mass is 10.2. The zero-order valence-corrected chi connectivity index (χ0v) is 14.4. The first-order valence-electron chi connectivity index (χ1n) is 6.74. The number of carbonyl (C=O) groups is 1. The van der Waals surface area contributed by atoms with E-state index in [1.165, 1.54) is 5.01 Å². The second-order valence-electron chi connectivity index (χ2n) is 5.94. The predicted octanol–water partition coefficient (Wildman–Crippen LogP) is 3.26. The summed E-state index contributed by atoms with van der Waals surface area (Å²) in [5.41, 5.74) is 6.93. The largest absolute Gasteiger partial charge is 0.443 e. The van der Waals surface area contributed by atoms with Gasteiger partial charge in [-0.05, 0) is 26.7 Å². The predicted molar refractivity (Wildman–Crippen MR) is 86.7 cm³/mol. The molecule has 0 aromatic rings. The fraction of sp³-hybridized carbons (Fsp3) is 0.571. The van der Waals surface area contributed by atoms with Gasteiger partial charge in [0.05, 0.1) is 0 Å². The zero-order chi connectivity index (χ0) is 17.5. The lowest BCUT2D eigenvalue weighted by Crippen LogP contribution is -2.49. The number of nitrogens with one attached hydrogen (secondary N) is 1. The van der Waals surface area contributed by atoms with Crippen LogP contribution < -0.4 is 11.2 Å². The number of aliphatic imine (C=N–C) groups is 1. The van der Waals surface area contributed by atoms with Crippen molar-refractivity contribution in [2.75, 3.05) is 6.54 Å². The van der Waals surface area contributed by atoms with Gasteiger partial charge in [0.15, 0.2) is 11.7 Å². The van der Waals surface area contributed by atoms with Crippen molar-refractivity contribution in [3.8, 4) is 0 Å². The van der Waals surface area contributed by atoms with Crippen LogP contribution in [0.1, 0.15) is 34.6 Å². The Labute approximate surface area is 135 Å². The lowest BCUT2D eigenvalue weighted by molar-refractivity contribution is 0.0406. The Bertz CT molecular complexity index is 470. The quantitative estimate of drug-likeness (QED) is 0.358. The summed E-state index contributed by atoms with van der Waals surface area (Å²) in [4.78, 5) is 15.7. The van der Waals surface area contributed by atoms with Crippen LogP contribution in [0.2, 0.25) is 0 Å². The molecule has 0 heterocycles. The van der Waals surface area contributed by atoms with Crippen molar-refractivity contribution in [3.05, 3.63) is 23.8 Å². The molecule has 0 rings (SSSR count). The van der Waals surface area contributed by atoms with E-state index in [0.717, 1.165) is 6.20 Å². The SMILES string of the molecule is C=C(Cl)N=C(/C(F)=C\N)N(CC(C)C)NC(=O)OC(C)(C)C. The number of hydrazine groups is 1. The highest BCUT2D eigenvalue weighted by Crippen LogP contribution is 2.12. The molecule has 0 saturated heterocycles.